The van der Waals surface area contributed by atoms with E-state index in [1.165, 1.54) is 0 Å². The van der Waals surface area contributed by atoms with E-state index in [-0.39, 0.29) is 23.8 Å². The Balaban J connectivity index is 1.49. The van der Waals surface area contributed by atoms with Crippen molar-refractivity contribution in [1.29, 1.82) is 0 Å². The number of pyridine rings is 1. The molecule has 1 aromatic heterocycles. The zero-order valence-corrected chi connectivity index (χ0v) is 16.9. The van der Waals surface area contributed by atoms with Gasteiger partial charge in [-0.1, -0.05) is 42.5 Å². The molecule has 3 N–H and O–H groups in total. The molecule has 0 spiro atoms. The van der Waals surface area contributed by atoms with Crippen LogP contribution in [-0.4, -0.2) is 16.8 Å². The van der Waals surface area contributed by atoms with Crippen LogP contribution in [0, 0.1) is 6.92 Å². The highest BCUT2D eigenvalue weighted by Gasteiger charge is 2.12. The molecular weight excluding hydrogens is 390 g/mol. The summed E-state index contributed by atoms with van der Waals surface area (Å²) >= 11 is 0. The standard InChI is InChI=1S/C25H21N3O3/c1-16-11-12-20(26-24(30)17-7-3-2-4-8-17)15-22(16)27-23(29)14-19-13-18-9-5-6-10-21(18)28-25(19)31/h2-13,15H,14H2,1H3,(H,26,30)(H,27,29)(H,28,31). The second-order valence-corrected chi connectivity index (χ2v) is 7.29. The topological polar surface area (TPSA) is 91.1 Å². The van der Waals surface area contributed by atoms with Crippen molar-refractivity contribution in [1.82, 2.24) is 4.98 Å². The lowest BCUT2D eigenvalue weighted by molar-refractivity contribution is -0.115. The molecule has 4 aromatic rings. The van der Waals surface area contributed by atoms with Gasteiger partial charge in [0, 0.05) is 28.0 Å². The van der Waals surface area contributed by atoms with E-state index in [0.29, 0.717) is 22.5 Å². The third-order valence-corrected chi connectivity index (χ3v) is 4.99. The molecule has 0 fully saturated rings. The minimum atomic E-state index is -0.310. The number of rotatable bonds is 5. The molecule has 0 saturated heterocycles. The van der Waals surface area contributed by atoms with E-state index in [9.17, 15) is 14.4 Å². The van der Waals surface area contributed by atoms with Crippen LogP contribution in [0.1, 0.15) is 21.5 Å². The zero-order valence-electron chi connectivity index (χ0n) is 16.9. The summed E-state index contributed by atoms with van der Waals surface area (Å²) in [5.74, 6) is -0.542. The summed E-state index contributed by atoms with van der Waals surface area (Å²) in [6.07, 6.45) is -0.0553. The maximum Gasteiger partial charge on any atom is 0.255 e. The fourth-order valence-corrected chi connectivity index (χ4v) is 3.32. The Hall–Kier alpha value is -4.19. The lowest BCUT2D eigenvalue weighted by Gasteiger charge is -2.12. The van der Waals surface area contributed by atoms with E-state index in [1.807, 2.05) is 43.3 Å². The molecule has 0 unspecified atom stereocenters. The van der Waals surface area contributed by atoms with Crippen molar-refractivity contribution >= 4 is 34.1 Å². The van der Waals surface area contributed by atoms with E-state index in [0.717, 1.165) is 16.5 Å². The first kappa shape index (κ1) is 20.1. The average Bonchev–Trinajstić information content (AvgIpc) is 2.77. The van der Waals surface area contributed by atoms with Gasteiger partial charge in [0.25, 0.3) is 11.5 Å². The summed E-state index contributed by atoms with van der Waals surface area (Å²) in [6, 6.07) is 23.4. The Bertz CT molecular complexity index is 1330. The third-order valence-electron chi connectivity index (χ3n) is 4.99. The number of hydrogen-bond donors (Lipinski definition) is 3. The number of carbonyl (C=O) groups excluding carboxylic acids is 2. The van der Waals surface area contributed by atoms with Gasteiger partial charge in [-0.15, -0.1) is 0 Å². The summed E-state index contributed by atoms with van der Waals surface area (Å²) in [4.78, 5) is 40.1. The van der Waals surface area contributed by atoms with Crippen molar-refractivity contribution in [2.24, 2.45) is 0 Å². The Morgan fingerprint density at radius 2 is 1.61 bits per heavy atom. The number of benzene rings is 3. The lowest BCUT2D eigenvalue weighted by Crippen LogP contribution is -2.21. The highest BCUT2D eigenvalue weighted by atomic mass is 16.2. The molecule has 0 saturated carbocycles. The van der Waals surface area contributed by atoms with Crippen LogP contribution in [0.2, 0.25) is 0 Å². The molecule has 31 heavy (non-hydrogen) atoms. The van der Waals surface area contributed by atoms with E-state index < -0.39 is 0 Å². The molecule has 1 heterocycles. The molecule has 0 radical (unpaired) electrons. The summed E-state index contributed by atoms with van der Waals surface area (Å²) in [5, 5.41) is 6.54. The monoisotopic (exact) mass is 411 g/mol. The maximum atomic E-state index is 12.6. The molecule has 0 aliphatic heterocycles. The van der Waals surface area contributed by atoms with Crippen LogP contribution < -0.4 is 16.2 Å². The average molecular weight is 411 g/mol. The Kier molecular flexibility index (Phi) is 5.62. The number of nitrogens with one attached hydrogen (secondary N) is 3. The van der Waals surface area contributed by atoms with Crippen molar-refractivity contribution in [2.75, 3.05) is 10.6 Å². The van der Waals surface area contributed by atoms with Crippen LogP contribution in [0.5, 0.6) is 0 Å². The van der Waals surface area contributed by atoms with Crippen molar-refractivity contribution in [3.8, 4) is 0 Å². The van der Waals surface area contributed by atoms with Gasteiger partial charge < -0.3 is 15.6 Å². The van der Waals surface area contributed by atoms with Crippen molar-refractivity contribution in [3.63, 3.8) is 0 Å². The lowest BCUT2D eigenvalue weighted by atomic mass is 10.1. The van der Waals surface area contributed by atoms with Crippen LogP contribution in [0.25, 0.3) is 10.9 Å². The summed E-state index contributed by atoms with van der Waals surface area (Å²) in [6.45, 7) is 1.86. The van der Waals surface area contributed by atoms with E-state index >= 15 is 0 Å². The van der Waals surface area contributed by atoms with Gasteiger partial charge >= 0.3 is 0 Å². The van der Waals surface area contributed by atoms with Gasteiger partial charge in [0.1, 0.15) is 0 Å². The van der Waals surface area contributed by atoms with Crippen LogP contribution in [0.15, 0.2) is 83.7 Å². The Morgan fingerprint density at radius 3 is 2.42 bits per heavy atom. The van der Waals surface area contributed by atoms with Crippen LogP contribution in [0.4, 0.5) is 11.4 Å². The SMILES string of the molecule is Cc1ccc(NC(=O)c2ccccc2)cc1NC(=O)Cc1cc2ccccc2[nH]c1=O. The smallest absolute Gasteiger partial charge is 0.255 e. The first-order valence-corrected chi connectivity index (χ1v) is 9.87. The molecule has 3 aromatic carbocycles. The van der Waals surface area contributed by atoms with Crippen LogP contribution >= 0.6 is 0 Å². The second-order valence-electron chi connectivity index (χ2n) is 7.29. The molecule has 0 bridgehead atoms. The first-order chi connectivity index (χ1) is 15.0. The minimum Gasteiger partial charge on any atom is -0.325 e. The molecule has 4 rings (SSSR count). The molecule has 0 aliphatic carbocycles. The fraction of sp³-hybridized carbons (Fsp3) is 0.0800. The number of aromatic amines is 1. The summed E-state index contributed by atoms with van der Waals surface area (Å²) in [5.41, 5.74) is 3.38. The van der Waals surface area contributed by atoms with Gasteiger partial charge in [-0.3, -0.25) is 14.4 Å². The van der Waals surface area contributed by atoms with Gasteiger partial charge in [0.2, 0.25) is 5.91 Å². The summed E-state index contributed by atoms with van der Waals surface area (Å²) < 4.78 is 0. The number of H-pyrrole nitrogens is 1. The van der Waals surface area contributed by atoms with E-state index in [4.69, 9.17) is 0 Å². The third kappa shape index (κ3) is 4.70. The number of anilines is 2. The number of fused-ring (bicyclic) bond motifs is 1. The molecule has 154 valence electrons. The number of para-hydroxylation sites is 1. The molecular formula is C25H21N3O3. The quantitative estimate of drug-likeness (QED) is 0.458. The molecule has 0 aliphatic rings. The van der Waals surface area contributed by atoms with E-state index in [1.54, 1.807) is 42.5 Å². The number of aromatic nitrogens is 1. The Labute approximate surface area is 178 Å². The van der Waals surface area contributed by atoms with Gasteiger partial charge in [0.15, 0.2) is 0 Å². The van der Waals surface area contributed by atoms with Crippen molar-refractivity contribution < 1.29 is 9.59 Å². The van der Waals surface area contributed by atoms with Gasteiger partial charge in [-0.05, 0) is 54.3 Å². The molecule has 0 atom stereocenters. The number of amides is 2. The van der Waals surface area contributed by atoms with Gasteiger partial charge in [0.05, 0.1) is 6.42 Å². The zero-order chi connectivity index (χ0) is 21.8. The largest absolute Gasteiger partial charge is 0.325 e. The van der Waals surface area contributed by atoms with E-state index in [2.05, 4.69) is 15.6 Å². The second kappa shape index (κ2) is 8.67. The minimum absolute atomic E-state index is 0.0553. The van der Waals surface area contributed by atoms with Crippen LogP contribution in [-0.2, 0) is 11.2 Å². The number of hydrogen-bond acceptors (Lipinski definition) is 3. The predicted octanol–water partition coefficient (Wildman–Crippen LogP) is 4.27. The van der Waals surface area contributed by atoms with Gasteiger partial charge in [-0.25, -0.2) is 0 Å². The molecule has 2 amide bonds. The van der Waals surface area contributed by atoms with Gasteiger partial charge in [-0.2, -0.15) is 0 Å². The normalized spacial score (nSPS) is 10.6. The predicted molar refractivity (Wildman–Crippen MR) is 122 cm³/mol. The highest BCUT2D eigenvalue weighted by Crippen LogP contribution is 2.21. The molecule has 6 heteroatoms. The van der Waals surface area contributed by atoms with Crippen molar-refractivity contribution in [3.05, 3.63) is 106 Å². The Morgan fingerprint density at radius 1 is 0.871 bits per heavy atom. The maximum absolute atomic E-state index is 12.6. The highest BCUT2D eigenvalue weighted by molar-refractivity contribution is 6.04. The fourth-order valence-electron chi connectivity index (χ4n) is 3.32. The number of carbonyl (C=O) groups is 2. The molecule has 6 nitrogen and oxygen atoms in total. The van der Waals surface area contributed by atoms with Crippen LogP contribution in [0.3, 0.4) is 0 Å². The number of aryl methyl sites for hydroxylation is 1. The summed E-state index contributed by atoms with van der Waals surface area (Å²) in [7, 11) is 0. The first-order valence-electron chi connectivity index (χ1n) is 9.87. The van der Waals surface area contributed by atoms with Crippen molar-refractivity contribution in [2.45, 2.75) is 13.3 Å².